The van der Waals surface area contributed by atoms with E-state index in [2.05, 4.69) is 9.88 Å². The Morgan fingerprint density at radius 3 is 2.53 bits per heavy atom. The number of aromatic nitrogens is 2. The van der Waals surface area contributed by atoms with Gasteiger partial charge in [0.05, 0.1) is 16.5 Å². The number of nitrogens with zero attached hydrogens (tertiary/aromatic N) is 4. The number of aryl methyl sites for hydroxylation is 1. The lowest BCUT2D eigenvalue weighted by Crippen LogP contribution is -2.47. The summed E-state index contributed by atoms with van der Waals surface area (Å²) in [4.78, 5) is 27.0. The molecule has 4 rings (SSSR count). The lowest BCUT2D eigenvalue weighted by Gasteiger charge is -2.36. The summed E-state index contributed by atoms with van der Waals surface area (Å²) in [7, 11) is 0. The Hall–Kier alpha value is -3.07. The first kappa shape index (κ1) is 22.1. The van der Waals surface area contributed by atoms with Crippen LogP contribution in [0.1, 0.15) is 17.8 Å². The fourth-order valence-electron chi connectivity index (χ4n) is 3.93. The molecule has 0 amide bonds. The Labute approximate surface area is 183 Å². The molecule has 1 saturated heterocycles. The van der Waals surface area contributed by atoms with Crippen LogP contribution >= 0.6 is 0 Å². The largest absolute Gasteiger partial charge is 0.416 e. The molecule has 3 aromatic rings. The first-order valence-corrected chi connectivity index (χ1v) is 10.6. The van der Waals surface area contributed by atoms with Gasteiger partial charge in [0.15, 0.2) is 0 Å². The van der Waals surface area contributed by atoms with Crippen molar-refractivity contribution >= 4 is 16.6 Å². The van der Waals surface area contributed by atoms with E-state index >= 15 is 0 Å². The number of halogens is 3. The molecule has 170 valence electrons. The Balaban J connectivity index is 1.27. The summed E-state index contributed by atoms with van der Waals surface area (Å²) in [6, 6.07) is 12.6. The van der Waals surface area contributed by atoms with Gasteiger partial charge in [0.1, 0.15) is 12.4 Å². The molecule has 2 aromatic carbocycles. The number of para-hydroxylation sites is 1. The second-order valence-corrected chi connectivity index (χ2v) is 7.84. The van der Waals surface area contributed by atoms with E-state index in [9.17, 15) is 18.0 Å². The van der Waals surface area contributed by atoms with E-state index in [-0.39, 0.29) is 5.56 Å². The molecule has 1 aliphatic rings. The summed E-state index contributed by atoms with van der Waals surface area (Å²) in [5, 5.41) is 0.517. The Morgan fingerprint density at radius 1 is 1.03 bits per heavy atom. The molecule has 0 atom stereocenters. The van der Waals surface area contributed by atoms with Crippen molar-refractivity contribution < 1.29 is 18.0 Å². The van der Waals surface area contributed by atoms with Crippen LogP contribution in [0.15, 0.2) is 53.3 Å². The van der Waals surface area contributed by atoms with E-state index < -0.39 is 11.7 Å². The molecule has 0 unspecified atom stereocenters. The third-order valence-corrected chi connectivity index (χ3v) is 5.65. The van der Waals surface area contributed by atoms with Crippen molar-refractivity contribution in [3.8, 4) is 0 Å². The van der Waals surface area contributed by atoms with Crippen molar-refractivity contribution in [2.75, 3.05) is 44.2 Å². The Bertz CT molecular complexity index is 1140. The summed E-state index contributed by atoms with van der Waals surface area (Å²) < 4.78 is 40.1. The minimum Gasteiger partial charge on any atom is -0.409 e. The minimum absolute atomic E-state index is 0.220. The molecule has 1 fully saturated rings. The minimum atomic E-state index is -4.33. The summed E-state index contributed by atoms with van der Waals surface area (Å²) >= 11 is 0. The van der Waals surface area contributed by atoms with Gasteiger partial charge in [-0.2, -0.15) is 13.2 Å². The van der Waals surface area contributed by atoms with Gasteiger partial charge in [0.25, 0.3) is 5.56 Å². The normalized spacial score (nSPS) is 15.3. The number of rotatable bonds is 6. The second-order valence-electron chi connectivity index (χ2n) is 7.84. The first-order valence-electron chi connectivity index (χ1n) is 10.6. The van der Waals surface area contributed by atoms with Crippen molar-refractivity contribution in [1.29, 1.82) is 0 Å². The number of hydrogen-bond acceptors (Lipinski definition) is 5. The van der Waals surface area contributed by atoms with E-state index in [4.69, 9.17) is 4.84 Å². The van der Waals surface area contributed by atoms with Crippen LogP contribution in [-0.4, -0.2) is 53.9 Å². The van der Waals surface area contributed by atoms with Gasteiger partial charge < -0.3 is 9.74 Å². The highest BCUT2D eigenvalue weighted by Crippen LogP contribution is 2.31. The summed E-state index contributed by atoms with van der Waals surface area (Å²) in [6.07, 6.45) is -3.61. The van der Waals surface area contributed by atoms with Crippen LogP contribution in [0.4, 0.5) is 18.9 Å². The molecule has 0 radical (unpaired) electrons. The number of fused-ring (bicyclic) bond motifs is 1. The standard InChI is InChI=1S/C23H25F3N4O2/c1-17-27-21-9-3-2-8-20(21)22(31)30(17)32-15-5-10-28-11-13-29(14-12-28)19-7-4-6-18(16-19)23(24,25)26/h2-4,6-9,16H,5,10-15H2,1H3. The third kappa shape index (κ3) is 4.88. The molecule has 32 heavy (non-hydrogen) atoms. The maximum absolute atomic E-state index is 13.0. The van der Waals surface area contributed by atoms with Crippen LogP contribution in [0.3, 0.4) is 0 Å². The smallest absolute Gasteiger partial charge is 0.409 e. The maximum Gasteiger partial charge on any atom is 0.416 e. The van der Waals surface area contributed by atoms with E-state index in [0.29, 0.717) is 42.1 Å². The highest BCUT2D eigenvalue weighted by atomic mass is 19.4. The van der Waals surface area contributed by atoms with Crippen LogP contribution in [0, 0.1) is 6.92 Å². The highest BCUT2D eigenvalue weighted by Gasteiger charge is 2.31. The zero-order valence-electron chi connectivity index (χ0n) is 17.8. The van der Waals surface area contributed by atoms with Gasteiger partial charge in [0.2, 0.25) is 0 Å². The van der Waals surface area contributed by atoms with Crippen molar-refractivity contribution in [1.82, 2.24) is 14.6 Å². The fraction of sp³-hybridized carbons (Fsp3) is 0.391. The lowest BCUT2D eigenvalue weighted by molar-refractivity contribution is -0.137. The topological polar surface area (TPSA) is 50.6 Å². The van der Waals surface area contributed by atoms with Gasteiger partial charge in [-0.05, 0) is 43.7 Å². The zero-order valence-corrected chi connectivity index (χ0v) is 17.8. The molecular formula is C23H25F3N4O2. The van der Waals surface area contributed by atoms with Crippen LogP contribution in [0.2, 0.25) is 0 Å². The van der Waals surface area contributed by atoms with Gasteiger partial charge in [-0.1, -0.05) is 18.2 Å². The molecule has 1 aliphatic heterocycles. The number of anilines is 1. The van der Waals surface area contributed by atoms with Crippen molar-refractivity contribution in [2.24, 2.45) is 0 Å². The maximum atomic E-state index is 13.0. The SMILES string of the molecule is Cc1nc2ccccc2c(=O)n1OCCCN1CCN(c2cccc(C(F)(F)F)c2)CC1. The van der Waals surface area contributed by atoms with E-state index in [1.165, 1.54) is 16.9 Å². The molecule has 0 N–H and O–H groups in total. The van der Waals surface area contributed by atoms with Crippen molar-refractivity contribution in [3.05, 3.63) is 70.3 Å². The third-order valence-electron chi connectivity index (χ3n) is 5.65. The molecule has 1 aromatic heterocycles. The van der Waals surface area contributed by atoms with E-state index in [0.717, 1.165) is 32.1 Å². The van der Waals surface area contributed by atoms with Gasteiger partial charge in [0, 0.05) is 38.4 Å². The van der Waals surface area contributed by atoms with Crippen molar-refractivity contribution in [3.63, 3.8) is 0 Å². The van der Waals surface area contributed by atoms with Gasteiger partial charge in [-0.15, -0.1) is 4.73 Å². The average molecular weight is 446 g/mol. The van der Waals surface area contributed by atoms with E-state index in [1.54, 1.807) is 31.2 Å². The highest BCUT2D eigenvalue weighted by molar-refractivity contribution is 5.77. The van der Waals surface area contributed by atoms with Gasteiger partial charge >= 0.3 is 6.18 Å². The quantitative estimate of drug-likeness (QED) is 0.544. The van der Waals surface area contributed by atoms with Crippen LogP contribution in [0.5, 0.6) is 0 Å². The number of piperazine rings is 1. The zero-order chi connectivity index (χ0) is 22.7. The molecule has 0 saturated carbocycles. The van der Waals surface area contributed by atoms with Crippen LogP contribution in [0.25, 0.3) is 10.9 Å². The number of alkyl halides is 3. The Kier molecular flexibility index (Phi) is 6.36. The molecule has 2 heterocycles. The summed E-state index contributed by atoms with van der Waals surface area (Å²) in [6.45, 7) is 5.73. The van der Waals surface area contributed by atoms with Crippen LogP contribution < -0.4 is 15.3 Å². The lowest BCUT2D eigenvalue weighted by atomic mass is 10.1. The van der Waals surface area contributed by atoms with E-state index in [1.807, 2.05) is 11.0 Å². The first-order chi connectivity index (χ1) is 15.3. The molecule has 0 bridgehead atoms. The monoisotopic (exact) mass is 446 g/mol. The van der Waals surface area contributed by atoms with Gasteiger partial charge in [-0.25, -0.2) is 4.98 Å². The second kappa shape index (κ2) is 9.20. The molecule has 6 nitrogen and oxygen atoms in total. The Morgan fingerprint density at radius 2 is 1.78 bits per heavy atom. The fourth-order valence-corrected chi connectivity index (χ4v) is 3.93. The van der Waals surface area contributed by atoms with Crippen LogP contribution in [-0.2, 0) is 6.18 Å². The van der Waals surface area contributed by atoms with Crippen molar-refractivity contribution in [2.45, 2.75) is 19.5 Å². The predicted molar refractivity (Wildman–Crippen MR) is 117 cm³/mol. The average Bonchev–Trinajstić information content (AvgIpc) is 2.78. The molecular weight excluding hydrogens is 421 g/mol. The summed E-state index contributed by atoms with van der Waals surface area (Å²) in [5.74, 6) is 0.503. The predicted octanol–water partition coefficient (Wildman–Crippen LogP) is 3.36. The summed E-state index contributed by atoms with van der Waals surface area (Å²) in [5.41, 5.74) is 0.404. The van der Waals surface area contributed by atoms with Gasteiger partial charge in [-0.3, -0.25) is 9.69 Å². The number of hydrogen-bond donors (Lipinski definition) is 0. The molecule has 0 aliphatic carbocycles. The molecule has 9 heteroatoms. The molecule has 0 spiro atoms. The number of benzene rings is 2.